The Morgan fingerprint density at radius 2 is 2.00 bits per heavy atom. The normalized spacial score (nSPS) is 17.5. The molecule has 0 saturated heterocycles. The number of allylic oxidation sites excluding steroid dienone is 2. The van der Waals surface area contributed by atoms with E-state index < -0.39 is 0 Å². The highest BCUT2D eigenvalue weighted by Gasteiger charge is 2.36. The highest BCUT2D eigenvalue weighted by atomic mass is 79.9. The summed E-state index contributed by atoms with van der Waals surface area (Å²) in [6, 6.07) is 8.00. The minimum atomic E-state index is 0.218. The fourth-order valence-electron chi connectivity index (χ4n) is 3.32. The van der Waals surface area contributed by atoms with Crippen molar-refractivity contribution in [3.8, 4) is 0 Å². The average molecular weight is 359 g/mol. The molecule has 2 heterocycles. The van der Waals surface area contributed by atoms with Crippen molar-refractivity contribution in [1.82, 2.24) is 5.16 Å². The van der Waals surface area contributed by atoms with Gasteiger partial charge in [0.15, 0.2) is 11.5 Å². The van der Waals surface area contributed by atoms with Gasteiger partial charge in [0, 0.05) is 23.0 Å². The van der Waals surface area contributed by atoms with Crippen molar-refractivity contribution >= 4 is 33.1 Å². The van der Waals surface area contributed by atoms with E-state index in [2.05, 4.69) is 21.1 Å². The first-order valence-electron chi connectivity index (χ1n) is 7.41. The summed E-state index contributed by atoms with van der Waals surface area (Å²) in [5.74, 6) is 1.07. The molecule has 0 atom stereocenters. The standard InChI is InChI=1S/C17H15BrN2O2/c1-10-16-15(22-19-10)9-11-3-2-4-14(21)17(11)20(16)13-7-5-12(18)6-8-13/h5-8H,2-4,9H2,1H3. The van der Waals surface area contributed by atoms with Crippen LogP contribution in [0.5, 0.6) is 0 Å². The molecular weight excluding hydrogens is 344 g/mol. The van der Waals surface area contributed by atoms with E-state index in [0.29, 0.717) is 12.8 Å². The third kappa shape index (κ3) is 2.03. The fourth-order valence-corrected chi connectivity index (χ4v) is 3.58. The van der Waals surface area contributed by atoms with E-state index in [1.165, 1.54) is 5.57 Å². The Kier molecular flexibility index (Phi) is 3.18. The molecule has 0 unspecified atom stereocenters. The number of aryl methyl sites for hydroxylation is 1. The van der Waals surface area contributed by atoms with Crippen LogP contribution >= 0.6 is 15.9 Å². The SMILES string of the molecule is Cc1noc2c1N(c1ccc(Br)cc1)C1=C(CCCC1=O)C2. The second-order valence-electron chi connectivity index (χ2n) is 5.76. The van der Waals surface area contributed by atoms with Crippen LogP contribution in [0, 0.1) is 6.92 Å². The smallest absolute Gasteiger partial charge is 0.179 e. The summed E-state index contributed by atoms with van der Waals surface area (Å²) in [6.07, 6.45) is 3.19. The maximum atomic E-state index is 12.6. The van der Waals surface area contributed by atoms with E-state index in [1.807, 2.05) is 36.1 Å². The zero-order valence-electron chi connectivity index (χ0n) is 12.2. The van der Waals surface area contributed by atoms with Gasteiger partial charge in [-0.1, -0.05) is 21.1 Å². The van der Waals surface area contributed by atoms with Crippen LogP contribution in [0.15, 0.2) is 44.5 Å². The van der Waals surface area contributed by atoms with E-state index in [-0.39, 0.29) is 5.78 Å². The zero-order chi connectivity index (χ0) is 15.3. The number of halogens is 1. The van der Waals surface area contributed by atoms with Crippen molar-refractivity contribution in [1.29, 1.82) is 0 Å². The molecule has 5 heteroatoms. The van der Waals surface area contributed by atoms with Crippen LogP contribution in [0.25, 0.3) is 0 Å². The Labute approximate surface area is 136 Å². The van der Waals surface area contributed by atoms with Crippen LogP contribution in [0.3, 0.4) is 0 Å². The highest BCUT2D eigenvalue weighted by Crippen LogP contribution is 2.44. The quantitative estimate of drug-likeness (QED) is 0.755. The van der Waals surface area contributed by atoms with Crippen LogP contribution in [-0.4, -0.2) is 10.9 Å². The Morgan fingerprint density at radius 3 is 2.77 bits per heavy atom. The van der Waals surface area contributed by atoms with Gasteiger partial charge in [-0.05, 0) is 49.6 Å². The summed E-state index contributed by atoms with van der Waals surface area (Å²) >= 11 is 3.46. The molecule has 2 aromatic rings. The maximum Gasteiger partial charge on any atom is 0.179 e. The number of ketones is 1. The number of rotatable bonds is 1. The lowest BCUT2D eigenvalue weighted by Gasteiger charge is -2.34. The van der Waals surface area contributed by atoms with Crippen molar-refractivity contribution in [2.75, 3.05) is 4.90 Å². The highest BCUT2D eigenvalue weighted by molar-refractivity contribution is 9.10. The largest absolute Gasteiger partial charge is 0.358 e. The second kappa shape index (κ2) is 5.09. The molecule has 0 saturated carbocycles. The molecule has 0 radical (unpaired) electrons. The third-order valence-corrected chi connectivity index (χ3v) is 4.82. The number of nitrogens with zero attached hydrogens (tertiary/aromatic N) is 2. The van der Waals surface area contributed by atoms with Gasteiger partial charge in [-0.2, -0.15) is 0 Å². The van der Waals surface area contributed by atoms with E-state index >= 15 is 0 Å². The topological polar surface area (TPSA) is 46.3 Å². The van der Waals surface area contributed by atoms with Crippen LogP contribution in [0.1, 0.15) is 30.7 Å². The molecule has 112 valence electrons. The summed E-state index contributed by atoms with van der Waals surface area (Å²) in [4.78, 5) is 14.6. The molecule has 1 aromatic heterocycles. The number of hydrogen-bond donors (Lipinski definition) is 0. The first kappa shape index (κ1) is 13.8. The Morgan fingerprint density at radius 1 is 1.23 bits per heavy atom. The van der Waals surface area contributed by atoms with Crippen molar-refractivity contribution in [3.05, 3.63) is 51.5 Å². The van der Waals surface area contributed by atoms with Gasteiger partial charge in [0.25, 0.3) is 0 Å². The summed E-state index contributed by atoms with van der Waals surface area (Å²) in [7, 11) is 0. The Hall–Kier alpha value is -1.88. The number of Topliss-reactive ketones (excluding diaryl/α,β-unsaturated/α-hetero) is 1. The average Bonchev–Trinajstić information content (AvgIpc) is 2.88. The number of carbonyl (C=O) groups excluding carboxylic acids is 1. The third-order valence-electron chi connectivity index (χ3n) is 4.29. The zero-order valence-corrected chi connectivity index (χ0v) is 13.8. The second-order valence-corrected chi connectivity index (χ2v) is 6.67. The Balaban J connectivity index is 1.94. The molecule has 22 heavy (non-hydrogen) atoms. The van der Waals surface area contributed by atoms with Gasteiger partial charge in [0.2, 0.25) is 0 Å². The number of aromatic nitrogens is 1. The summed E-state index contributed by atoms with van der Waals surface area (Å²) in [5.41, 5.74) is 4.72. The molecule has 0 bridgehead atoms. The lowest BCUT2D eigenvalue weighted by molar-refractivity contribution is -0.116. The molecule has 1 aliphatic heterocycles. The molecule has 0 spiro atoms. The van der Waals surface area contributed by atoms with E-state index in [4.69, 9.17) is 4.52 Å². The first-order valence-corrected chi connectivity index (χ1v) is 8.20. The number of carbonyl (C=O) groups is 1. The Bertz CT molecular complexity index is 789. The van der Waals surface area contributed by atoms with Gasteiger partial charge >= 0.3 is 0 Å². The minimum absolute atomic E-state index is 0.218. The van der Waals surface area contributed by atoms with Gasteiger partial charge in [0.05, 0.1) is 5.70 Å². The van der Waals surface area contributed by atoms with Crippen LogP contribution in [0.2, 0.25) is 0 Å². The molecule has 2 aliphatic rings. The van der Waals surface area contributed by atoms with Gasteiger partial charge in [-0.3, -0.25) is 4.79 Å². The van der Waals surface area contributed by atoms with Crippen LogP contribution < -0.4 is 4.90 Å². The molecule has 0 amide bonds. The molecular formula is C17H15BrN2O2. The number of benzene rings is 1. The minimum Gasteiger partial charge on any atom is -0.358 e. The van der Waals surface area contributed by atoms with Crippen molar-refractivity contribution in [2.24, 2.45) is 0 Å². The summed E-state index contributed by atoms with van der Waals surface area (Å²) < 4.78 is 6.51. The van der Waals surface area contributed by atoms with E-state index in [0.717, 1.165) is 45.8 Å². The van der Waals surface area contributed by atoms with E-state index in [1.54, 1.807) is 0 Å². The van der Waals surface area contributed by atoms with E-state index in [9.17, 15) is 4.79 Å². The monoisotopic (exact) mass is 358 g/mol. The van der Waals surface area contributed by atoms with Crippen molar-refractivity contribution in [3.63, 3.8) is 0 Å². The molecule has 4 nitrogen and oxygen atoms in total. The van der Waals surface area contributed by atoms with Gasteiger partial charge < -0.3 is 9.42 Å². The van der Waals surface area contributed by atoms with Gasteiger partial charge in [-0.15, -0.1) is 0 Å². The number of anilines is 2. The summed E-state index contributed by atoms with van der Waals surface area (Å²) in [5, 5.41) is 4.11. The molecule has 1 aromatic carbocycles. The fraction of sp³-hybridized carbons (Fsp3) is 0.294. The predicted octanol–water partition coefficient (Wildman–Crippen LogP) is 4.45. The first-order chi connectivity index (χ1) is 10.6. The molecule has 4 rings (SSSR count). The van der Waals surface area contributed by atoms with Gasteiger partial charge in [-0.25, -0.2) is 0 Å². The van der Waals surface area contributed by atoms with Crippen molar-refractivity contribution in [2.45, 2.75) is 32.6 Å². The molecule has 1 aliphatic carbocycles. The molecule has 0 N–H and O–H groups in total. The van der Waals surface area contributed by atoms with Crippen molar-refractivity contribution < 1.29 is 9.32 Å². The summed E-state index contributed by atoms with van der Waals surface area (Å²) in [6.45, 7) is 1.92. The predicted molar refractivity (Wildman–Crippen MR) is 87.1 cm³/mol. The van der Waals surface area contributed by atoms with Crippen LogP contribution in [-0.2, 0) is 11.2 Å². The molecule has 0 fully saturated rings. The maximum absolute atomic E-state index is 12.6. The lowest BCUT2D eigenvalue weighted by atomic mass is 9.88. The number of hydrogen-bond acceptors (Lipinski definition) is 4. The van der Waals surface area contributed by atoms with Gasteiger partial charge in [0.1, 0.15) is 11.4 Å². The number of fused-ring (bicyclic) bond motifs is 1. The lowest BCUT2D eigenvalue weighted by Crippen LogP contribution is -2.31. The van der Waals surface area contributed by atoms with Crippen LogP contribution in [0.4, 0.5) is 11.4 Å².